The van der Waals surface area contributed by atoms with Gasteiger partial charge in [0.25, 0.3) is 0 Å². The maximum absolute atomic E-state index is 16.0. The monoisotopic (exact) mass is 779 g/mol. The van der Waals surface area contributed by atoms with Crippen molar-refractivity contribution in [1.29, 1.82) is 5.26 Å². The second-order valence-corrected chi connectivity index (χ2v) is 14.7. The van der Waals surface area contributed by atoms with Gasteiger partial charge in [0.1, 0.15) is 11.6 Å². The van der Waals surface area contributed by atoms with Gasteiger partial charge >= 0.3 is 0 Å². The molecule has 2 aromatic heterocycles. The van der Waals surface area contributed by atoms with Gasteiger partial charge in [-0.15, -0.1) is 0 Å². The Labute approximate surface area is 335 Å². The molecule has 0 saturated heterocycles. The van der Waals surface area contributed by atoms with Crippen LogP contribution in [0.1, 0.15) is 16.7 Å². The van der Waals surface area contributed by atoms with Crippen molar-refractivity contribution in [3.05, 3.63) is 191 Å². The fraction of sp³-hybridized carbons (Fsp3) is 0.0392. The summed E-state index contributed by atoms with van der Waals surface area (Å²) in [6.07, 6.45) is 0. The summed E-state index contributed by atoms with van der Waals surface area (Å²) in [6, 6.07) is 48.1. The Kier molecular flexibility index (Phi) is 8.25. The van der Waals surface area contributed by atoms with Crippen LogP contribution < -0.4 is 0 Å². The Morgan fingerprint density at radius 3 is 1.24 bits per heavy atom. The van der Waals surface area contributed by atoms with E-state index in [2.05, 4.69) is 6.07 Å². The van der Waals surface area contributed by atoms with Crippen LogP contribution in [0.25, 0.3) is 88.4 Å². The molecule has 59 heavy (non-hydrogen) atoms. The maximum atomic E-state index is 16.0. The molecule has 0 bridgehead atoms. The first kappa shape index (κ1) is 35.9. The number of aromatic nitrogens is 2. The Morgan fingerprint density at radius 1 is 0.407 bits per heavy atom. The highest BCUT2D eigenvalue weighted by molar-refractivity contribution is 6.12. The van der Waals surface area contributed by atoms with Crippen LogP contribution in [0, 0.1) is 54.3 Å². The Balaban J connectivity index is 1.38. The van der Waals surface area contributed by atoms with E-state index in [-0.39, 0.29) is 22.5 Å². The second kappa shape index (κ2) is 13.6. The molecule has 0 N–H and O–H groups in total. The topological polar surface area (TPSA) is 33.6 Å². The number of hydrogen-bond acceptors (Lipinski definition) is 1. The lowest BCUT2D eigenvalue weighted by atomic mass is 9.97. The van der Waals surface area contributed by atoms with Gasteiger partial charge in [0.05, 0.1) is 39.0 Å². The molecule has 3 nitrogen and oxygen atoms in total. The summed E-state index contributed by atoms with van der Waals surface area (Å²) in [5.41, 5.74) is 7.62. The molecule has 0 unspecified atom stereocenters. The molecular formula is C51H30F5N3. The first-order valence-electron chi connectivity index (χ1n) is 19.0. The van der Waals surface area contributed by atoms with Crippen molar-refractivity contribution in [2.45, 2.75) is 13.8 Å². The summed E-state index contributed by atoms with van der Waals surface area (Å²) in [5.74, 6) is -10.3. The first-order valence-corrected chi connectivity index (χ1v) is 19.0. The Bertz CT molecular complexity index is 3230. The van der Waals surface area contributed by atoms with E-state index >= 15 is 17.6 Å². The third kappa shape index (κ3) is 5.39. The third-order valence-electron chi connectivity index (χ3n) is 11.4. The molecule has 284 valence electrons. The number of hydrogen-bond donors (Lipinski definition) is 0. The van der Waals surface area contributed by atoms with Gasteiger partial charge < -0.3 is 9.13 Å². The van der Waals surface area contributed by atoms with Gasteiger partial charge in [-0.2, -0.15) is 5.26 Å². The van der Waals surface area contributed by atoms with Gasteiger partial charge in [0.2, 0.25) is 5.82 Å². The minimum Gasteiger partial charge on any atom is -0.308 e. The van der Waals surface area contributed by atoms with Crippen molar-refractivity contribution >= 4 is 43.6 Å². The third-order valence-corrected chi connectivity index (χ3v) is 11.4. The Hall–Kier alpha value is -7.50. The van der Waals surface area contributed by atoms with Crippen LogP contribution in [0.4, 0.5) is 22.0 Å². The summed E-state index contributed by atoms with van der Waals surface area (Å²) in [4.78, 5) is 0. The quantitative estimate of drug-likeness (QED) is 0.0973. The largest absolute Gasteiger partial charge is 0.308 e. The Morgan fingerprint density at radius 2 is 0.797 bits per heavy atom. The minimum absolute atomic E-state index is 0.116. The number of benzene rings is 8. The predicted molar refractivity (Wildman–Crippen MR) is 225 cm³/mol. The van der Waals surface area contributed by atoms with Gasteiger partial charge in [-0.25, -0.2) is 22.0 Å². The average Bonchev–Trinajstić information content (AvgIpc) is 3.77. The highest BCUT2D eigenvalue weighted by Crippen LogP contribution is 2.43. The standard InChI is InChI=1S/C51H30F5N3/c1-28-11-3-5-13-33(28)30-19-21-37-35-15-7-9-17-40(35)58(42(37)23-30)44-25-32(46-47(52)49(54)51(56)50(55)48(46)53)26-45(39(44)27-57)59-41-18-10-8-16-36(41)38-22-20-31(24-43(38)59)34-14-6-4-12-29(34)2/h3-26H,1-2H3. The number of nitriles is 1. The zero-order valence-electron chi connectivity index (χ0n) is 31.6. The van der Waals surface area contributed by atoms with Crippen LogP contribution in [0.5, 0.6) is 0 Å². The van der Waals surface area contributed by atoms with E-state index in [0.717, 1.165) is 54.9 Å². The van der Waals surface area contributed by atoms with E-state index in [9.17, 15) is 9.65 Å². The maximum Gasteiger partial charge on any atom is 0.200 e. The highest BCUT2D eigenvalue weighted by Gasteiger charge is 2.30. The van der Waals surface area contributed by atoms with E-state index in [4.69, 9.17) is 0 Å². The van der Waals surface area contributed by atoms with Crippen LogP contribution in [0.3, 0.4) is 0 Å². The van der Waals surface area contributed by atoms with Crippen molar-refractivity contribution in [3.8, 4) is 50.8 Å². The van der Waals surface area contributed by atoms with E-state index in [1.165, 1.54) is 12.1 Å². The van der Waals surface area contributed by atoms with Gasteiger partial charge in [-0.05, 0) is 89.2 Å². The molecule has 0 radical (unpaired) electrons. The summed E-state index contributed by atoms with van der Waals surface area (Å²) < 4.78 is 80.4. The molecule has 0 aliphatic carbocycles. The molecule has 8 aromatic carbocycles. The minimum atomic E-state index is -2.25. The number of rotatable bonds is 5. The summed E-state index contributed by atoms with van der Waals surface area (Å²) >= 11 is 0. The average molecular weight is 780 g/mol. The molecule has 8 heteroatoms. The first-order chi connectivity index (χ1) is 28.7. The lowest BCUT2D eigenvalue weighted by Crippen LogP contribution is -2.08. The molecule has 10 aromatic rings. The van der Waals surface area contributed by atoms with Crippen LogP contribution in [0.15, 0.2) is 146 Å². The molecule has 0 aliphatic rings. The molecule has 10 rings (SSSR count). The van der Waals surface area contributed by atoms with Crippen molar-refractivity contribution in [1.82, 2.24) is 9.13 Å². The van der Waals surface area contributed by atoms with E-state index < -0.39 is 34.6 Å². The molecule has 0 aliphatic heterocycles. The fourth-order valence-corrected chi connectivity index (χ4v) is 8.67. The predicted octanol–water partition coefficient (Wildman–Crippen LogP) is 14.1. The lowest BCUT2D eigenvalue weighted by molar-refractivity contribution is 0.381. The zero-order valence-corrected chi connectivity index (χ0v) is 31.6. The van der Waals surface area contributed by atoms with Gasteiger partial charge in [-0.1, -0.05) is 109 Å². The molecular weight excluding hydrogens is 750 g/mol. The fourth-order valence-electron chi connectivity index (χ4n) is 8.67. The number of fused-ring (bicyclic) bond motifs is 6. The smallest absolute Gasteiger partial charge is 0.200 e. The van der Waals surface area contributed by atoms with Crippen molar-refractivity contribution in [3.63, 3.8) is 0 Å². The van der Waals surface area contributed by atoms with Crippen LogP contribution in [0.2, 0.25) is 0 Å². The SMILES string of the molecule is Cc1ccccc1-c1ccc2c3ccccc3n(-c3cc(-c4c(F)c(F)c(F)c(F)c4F)cc(-n4c5ccccc5c5ccc(-c6ccccc6C)cc54)c3C#N)c2c1. The number of para-hydroxylation sites is 2. The van der Waals surface area contributed by atoms with Crippen molar-refractivity contribution in [2.75, 3.05) is 0 Å². The molecule has 0 atom stereocenters. The second-order valence-electron chi connectivity index (χ2n) is 14.7. The zero-order chi connectivity index (χ0) is 40.7. The van der Waals surface area contributed by atoms with Crippen molar-refractivity contribution in [2.24, 2.45) is 0 Å². The molecule has 0 spiro atoms. The van der Waals surface area contributed by atoms with Crippen LogP contribution >= 0.6 is 0 Å². The van der Waals surface area contributed by atoms with E-state index in [0.29, 0.717) is 22.1 Å². The molecule has 0 amide bonds. The van der Waals surface area contributed by atoms with Gasteiger partial charge in [0.15, 0.2) is 23.3 Å². The molecule has 2 heterocycles. The van der Waals surface area contributed by atoms with Crippen molar-refractivity contribution < 1.29 is 22.0 Å². The molecule has 0 saturated carbocycles. The normalized spacial score (nSPS) is 11.6. The number of nitrogens with zero attached hydrogens (tertiary/aromatic N) is 3. The summed E-state index contributed by atoms with van der Waals surface area (Å²) in [6.45, 7) is 4.03. The highest BCUT2D eigenvalue weighted by atomic mass is 19.2. The summed E-state index contributed by atoms with van der Waals surface area (Å²) in [5, 5.41) is 14.7. The van der Waals surface area contributed by atoms with Crippen LogP contribution in [-0.4, -0.2) is 9.13 Å². The number of aryl methyl sites for hydroxylation is 2. The van der Waals surface area contributed by atoms with Gasteiger partial charge in [0, 0.05) is 21.5 Å². The van der Waals surface area contributed by atoms with E-state index in [1.807, 2.05) is 156 Å². The number of halogens is 5. The van der Waals surface area contributed by atoms with E-state index in [1.54, 1.807) is 0 Å². The lowest BCUT2D eigenvalue weighted by Gasteiger charge is -2.19. The van der Waals surface area contributed by atoms with Gasteiger partial charge in [-0.3, -0.25) is 0 Å². The van der Waals surface area contributed by atoms with Crippen LogP contribution in [-0.2, 0) is 0 Å². The molecule has 0 fully saturated rings. The summed E-state index contributed by atoms with van der Waals surface area (Å²) in [7, 11) is 0.